The van der Waals surface area contributed by atoms with E-state index in [1.807, 2.05) is 6.08 Å². The molecule has 3 aliphatic heterocycles. The fourth-order valence-electron chi connectivity index (χ4n) is 14.4. The molecule has 0 radical (unpaired) electrons. The average Bonchev–Trinajstić information content (AvgIpc) is 0.784. The van der Waals surface area contributed by atoms with E-state index in [9.17, 15) is 61.0 Å². The monoisotopic (exact) mass is 1420 g/mol. The summed E-state index contributed by atoms with van der Waals surface area (Å²) in [6.45, 7) is 1.81. The number of rotatable bonds is 67. The normalized spacial score (nSPS) is 26.6. The number of allylic oxidation sites excluding steroid dienone is 1. The number of carbonyl (C=O) groups excluding carboxylic acids is 1. The number of nitrogens with one attached hydrogen (secondary N) is 1. The van der Waals surface area contributed by atoms with Gasteiger partial charge in [0.15, 0.2) is 18.9 Å². The number of amides is 1. The highest BCUT2D eigenvalue weighted by Crippen LogP contribution is 2.33. The summed E-state index contributed by atoms with van der Waals surface area (Å²) >= 11 is 0. The molecule has 0 aromatic rings. The van der Waals surface area contributed by atoms with Crippen LogP contribution in [0.25, 0.3) is 0 Å². The highest BCUT2D eigenvalue weighted by atomic mass is 16.8. The summed E-state index contributed by atoms with van der Waals surface area (Å²) in [5.41, 5.74) is 0. The lowest BCUT2D eigenvalue weighted by Gasteiger charge is -2.48. The Morgan fingerprint density at radius 2 is 0.626 bits per heavy atom. The second-order valence-corrected chi connectivity index (χ2v) is 30.0. The molecule has 1 amide bonds. The van der Waals surface area contributed by atoms with E-state index in [1.54, 1.807) is 6.08 Å². The first-order valence-electron chi connectivity index (χ1n) is 41.4. The molecule has 19 nitrogen and oxygen atoms in total. The van der Waals surface area contributed by atoms with E-state index in [0.717, 1.165) is 44.9 Å². The quantitative estimate of drug-likeness (QED) is 0.0199. The molecule has 17 atom stereocenters. The van der Waals surface area contributed by atoms with E-state index in [1.165, 1.54) is 289 Å². The highest BCUT2D eigenvalue weighted by Gasteiger charge is 2.54. The average molecular weight is 1420 g/mol. The fraction of sp³-hybridized carbons (Fsp3) is 0.963. The number of aliphatic hydroxyl groups excluding tert-OH is 11. The van der Waals surface area contributed by atoms with Crippen LogP contribution in [0.4, 0.5) is 0 Å². The van der Waals surface area contributed by atoms with Gasteiger partial charge < -0.3 is 89.9 Å². The Bertz CT molecular complexity index is 1840. The minimum atomic E-state index is -1.98. The van der Waals surface area contributed by atoms with Gasteiger partial charge >= 0.3 is 0 Å². The third kappa shape index (κ3) is 41.9. The van der Waals surface area contributed by atoms with Crippen LogP contribution in [0.15, 0.2) is 12.2 Å². The molecule has 3 saturated heterocycles. The second kappa shape index (κ2) is 61.7. The zero-order chi connectivity index (χ0) is 71.8. The molecule has 3 aliphatic rings. The molecule has 99 heavy (non-hydrogen) atoms. The van der Waals surface area contributed by atoms with Crippen molar-refractivity contribution in [2.24, 2.45) is 0 Å². The molecule has 17 unspecified atom stereocenters. The first-order valence-corrected chi connectivity index (χ1v) is 41.4. The van der Waals surface area contributed by atoms with Gasteiger partial charge in [-0.3, -0.25) is 4.79 Å². The predicted octanol–water partition coefficient (Wildman–Crippen LogP) is 14.0. The molecule has 0 bridgehead atoms. The van der Waals surface area contributed by atoms with Crippen LogP contribution in [-0.2, 0) is 33.2 Å². The van der Waals surface area contributed by atoms with Crippen LogP contribution in [-0.4, -0.2) is 193 Å². The molecule has 12 N–H and O–H groups in total. The second-order valence-electron chi connectivity index (χ2n) is 30.0. The maximum atomic E-state index is 13.5. The predicted molar refractivity (Wildman–Crippen MR) is 393 cm³/mol. The number of carbonyl (C=O) groups is 1. The van der Waals surface area contributed by atoms with Gasteiger partial charge in [-0.15, -0.1) is 0 Å². The highest BCUT2D eigenvalue weighted by molar-refractivity contribution is 5.76. The van der Waals surface area contributed by atoms with Crippen LogP contribution in [0.1, 0.15) is 361 Å². The summed E-state index contributed by atoms with van der Waals surface area (Å²) in [5, 5.41) is 121. The lowest BCUT2D eigenvalue weighted by molar-refractivity contribution is -0.379. The van der Waals surface area contributed by atoms with E-state index in [0.29, 0.717) is 6.42 Å². The van der Waals surface area contributed by atoms with Crippen LogP contribution in [0, 0.1) is 0 Å². The molecule has 0 aromatic heterocycles. The minimum absolute atomic E-state index is 0.250. The fourth-order valence-corrected chi connectivity index (χ4v) is 14.4. The Balaban J connectivity index is 1.36. The van der Waals surface area contributed by atoms with E-state index in [2.05, 4.69) is 19.2 Å². The molecule has 0 aromatic carbocycles. The Morgan fingerprint density at radius 1 is 0.354 bits per heavy atom. The Hall–Kier alpha value is -1.47. The van der Waals surface area contributed by atoms with Crippen molar-refractivity contribution in [2.45, 2.75) is 465 Å². The first-order chi connectivity index (χ1) is 48.3. The molecular formula is C80H153NO18. The van der Waals surface area contributed by atoms with Gasteiger partial charge in [-0.25, -0.2) is 0 Å². The molecule has 3 rings (SSSR count). The van der Waals surface area contributed by atoms with Gasteiger partial charge in [0.1, 0.15) is 73.2 Å². The third-order valence-electron chi connectivity index (χ3n) is 21.1. The van der Waals surface area contributed by atoms with Crippen LogP contribution >= 0.6 is 0 Å². The molecule has 3 fully saturated rings. The minimum Gasteiger partial charge on any atom is -0.394 e. The van der Waals surface area contributed by atoms with Gasteiger partial charge in [0.2, 0.25) is 5.91 Å². The number of ether oxygens (including phenoxy) is 6. The van der Waals surface area contributed by atoms with Crippen molar-refractivity contribution in [1.82, 2.24) is 5.32 Å². The summed E-state index contributed by atoms with van der Waals surface area (Å²) in [5.74, 6) is -0.266. The number of hydrogen-bond donors (Lipinski definition) is 12. The van der Waals surface area contributed by atoms with Gasteiger partial charge in [0, 0.05) is 6.42 Å². The van der Waals surface area contributed by atoms with Crippen LogP contribution in [0.3, 0.4) is 0 Å². The summed E-state index contributed by atoms with van der Waals surface area (Å²) < 4.78 is 34.5. The zero-order valence-electron chi connectivity index (χ0n) is 62.8. The lowest BCUT2D eigenvalue weighted by atomic mass is 9.96. The largest absolute Gasteiger partial charge is 0.394 e. The van der Waals surface area contributed by atoms with Crippen molar-refractivity contribution in [2.75, 3.05) is 26.4 Å². The van der Waals surface area contributed by atoms with E-state index >= 15 is 0 Å². The molecule has 0 aliphatic carbocycles. The first kappa shape index (κ1) is 91.7. The van der Waals surface area contributed by atoms with Gasteiger partial charge in [0.25, 0.3) is 0 Å². The topological polar surface area (TPSA) is 307 Å². The van der Waals surface area contributed by atoms with E-state index in [4.69, 9.17) is 28.4 Å². The van der Waals surface area contributed by atoms with E-state index < -0.39 is 124 Å². The number of aliphatic hydroxyl groups is 11. The van der Waals surface area contributed by atoms with Gasteiger partial charge in [-0.1, -0.05) is 347 Å². The summed E-state index contributed by atoms with van der Waals surface area (Å²) in [6, 6.07) is -0.970. The molecule has 586 valence electrons. The van der Waals surface area contributed by atoms with Crippen LogP contribution < -0.4 is 5.32 Å². The standard InChI is InChI=1S/C80H153NO18/c1-3-5-7-9-11-13-15-17-19-21-23-25-27-28-29-30-31-32-33-34-35-36-37-39-41-43-45-47-49-51-53-55-57-64(85)63(81-68(86)58-56-54-52-50-48-46-44-42-40-38-26-24-22-20-18-16-14-12-10-8-6-4-2)62-94-78-74(92)71(89)76(66(60-83)96-78)99-80-75(93)72(90)77(67(61-84)97-80)98-79-73(91)70(88)69(87)65(59-82)95-79/h55,57,63-67,69-80,82-85,87-93H,3-54,56,58-62H2,1-2H3,(H,81,86)/b57-55+. The van der Waals surface area contributed by atoms with Crippen molar-refractivity contribution in [3.63, 3.8) is 0 Å². The summed E-state index contributed by atoms with van der Waals surface area (Å²) in [6.07, 6.45) is 46.4. The number of hydrogen-bond acceptors (Lipinski definition) is 18. The molecular weight excluding hydrogens is 1260 g/mol. The van der Waals surface area contributed by atoms with Crippen molar-refractivity contribution in [3.05, 3.63) is 12.2 Å². The van der Waals surface area contributed by atoms with Crippen molar-refractivity contribution >= 4 is 5.91 Å². The molecule has 0 saturated carbocycles. The Labute approximate surface area is 601 Å². The smallest absolute Gasteiger partial charge is 0.220 e. The van der Waals surface area contributed by atoms with Crippen LogP contribution in [0.5, 0.6) is 0 Å². The van der Waals surface area contributed by atoms with Crippen molar-refractivity contribution < 1.29 is 89.4 Å². The molecule has 3 heterocycles. The maximum absolute atomic E-state index is 13.5. The van der Waals surface area contributed by atoms with Crippen molar-refractivity contribution in [3.8, 4) is 0 Å². The lowest BCUT2D eigenvalue weighted by Crippen LogP contribution is -2.66. The maximum Gasteiger partial charge on any atom is 0.220 e. The Kier molecular flexibility index (Phi) is 57.1. The number of unbranched alkanes of at least 4 members (excludes halogenated alkanes) is 51. The van der Waals surface area contributed by atoms with E-state index in [-0.39, 0.29) is 18.9 Å². The third-order valence-corrected chi connectivity index (χ3v) is 21.1. The van der Waals surface area contributed by atoms with Gasteiger partial charge in [-0.2, -0.15) is 0 Å². The Morgan fingerprint density at radius 3 is 0.949 bits per heavy atom. The summed E-state index contributed by atoms with van der Waals surface area (Å²) in [7, 11) is 0. The van der Waals surface area contributed by atoms with Crippen LogP contribution in [0.2, 0.25) is 0 Å². The van der Waals surface area contributed by atoms with Gasteiger partial charge in [-0.05, 0) is 19.3 Å². The SMILES string of the molecule is CCCCCCCCCCCCCCCCCCCCCCCCCCCCCCCC/C=C/C(O)C(COC1OC(CO)C(OC2OC(CO)C(OC3OC(CO)C(O)C(O)C3O)C(O)C2O)C(O)C1O)NC(=O)CCCCCCCCCCCCCCCCCCCCCCCC. The van der Waals surface area contributed by atoms with Gasteiger partial charge in [0.05, 0.1) is 38.6 Å². The molecule has 19 heteroatoms. The zero-order valence-corrected chi connectivity index (χ0v) is 62.8. The summed E-state index contributed by atoms with van der Waals surface area (Å²) in [4.78, 5) is 13.5. The van der Waals surface area contributed by atoms with Crippen molar-refractivity contribution in [1.29, 1.82) is 0 Å². The molecule has 0 spiro atoms.